The Bertz CT molecular complexity index is 833. The number of carbonyl (C=O) groups is 1. The van der Waals surface area contributed by atoms with Crippen molar-refractivity contribution in [3.63, 3.8) is 0 Å². The van der Waals surface area contributed by atoms with Crippen LogP contribution >= 0.6 is 0 Å². The van der Waals surface area contributed by atoms with Crippen molar-refractivity contribution in [3.05, 3.63) is 76.4 Å². The molecule has 1 N–H and O–H groups in total. The van der Waals surface area contributed by atoms with Crippen LogP contribution in [0, 0.1) is 0 Å². The molecule has 2 aromatic carbocycles. The number of hydrogen-bond acceptors (Lipinski definition) is 2. The SMILES string of the molecule is O=C(O)CCN1CCC(=C2c3ccccc3C=Cc3ccccc32)CC1. The van der Waals surface area contributed by atoms with E-state index >= 15 is 0 Å². The Morgan fingerprint density at radius 2 is 1.42 bits per heavy atom. The Hall–Kier alpha value is -2.65. The summed E-state index contributed by atoms with van der Waals surface area (Å²) < 4.78 is 0. The maximum Gasteiger partial charge on any atom is 0.304 e. The van der Waals surface area contributed by atoms with Crippen LogP contribution < -0.4 is 0 Å². The van der Waals surface area contributed by atoms with Gasteiger partial charge in [-0.3, -0.25) is 4.79 Å². The van der Waals surface area contributed by atoms with Gasteiger partial charge in [0.1, 0.15) is 0 Å². The minimum Gasteiger partial charge on any atom is -0.481 e. The van der Waals surface area contributed by atoms with Gasteiger partial charge in [0.05, 0.1) is 6.42 Å². The average Bonchev–Trinajstić information content (AvgIpc) is 2.84. The summed E-state index contributed by atoms with van der Waals surface area (Å²) in [4.78, 5) is 13.1. The lowest BCUT2D eigenvalue weighted by Crippen LogP contribution is -2.33. The fourth-order valence-electron chi connectivity index (χ4n) is 4.00. The van der Waals surface area contributed by atoms with Gasteiger partial charge in [-0.2, -0.15) is 0 Å². The summed E-state index contributed by atoms with van der Waals surface area (Å²) in [6, 6.07) is 17.2. The molecule has 0 amide bonds. The third-order valence-electron chi connectivity index (χ3n) is 5.36. The minimum atomic E-state index is -0.716. The van der Waals surface area contributed by atoms with Crippen LogP contribution in [0.4, 0.5) is 0 Å². The molecule has 2 aromatic rings. The van der Waals surface area contributed by atoms with Crippen LogP contribution in [-0.4, -0.2) is 35.6 Å². The van der Waals surface area contributed by atoms with E-state index in [9.17, 15) is 4.79 Å². The molecule has 26 heavy (non-hydrogen) atoms. The van der Waals surface area contributed by atoms with E-state index < -0.39 is 5.97 Å². The standard InChI is InChI=1S/C23H23NO2/c25-22(26)13-16-24-14-11-19(12-15-24)23-20-7-3-1-5-17(20)9-10-18-6-2-4-8-21(18)23/h1-10H,11-16H2,(H,25,26). The van der Waals surface area contributed by atoms with Gasteiger partial charge in [0.25, 0.3) is 0 Å². The highest BCUT2D eigenvalue weighted by Gasteiger charge is 2.22. The zero-order valence-electron chi connectivity index (χ0n) is 14.8. The van der Waals surface area contributed by atoms with E-state index in [1.165, 1.54) is 33.4 Å². The Morgan fingerprint density at radius 1 is 0.885 bits per heavy atom. The van der Waals surface area contributed by atoms with Gasteiger partial charge < -0.3 is 10.0 Å². The summed E-state index contributed by atoms with van der Waals surface area (Å²) in [6.07, 6.45) is 6.64. The molecule has 3 nitrogen and oxygen atoms in total. The molecule has 0 unspecified atom stereocenters. The van der Waals surface area contributed by atoms with Crippen LogP contribution in [0.5, 0.6) is 0 Å². The monoisotopic (exact) mass is 345 g/mol. The number of benzene rings is 2. The van der Waals surface area contributed by atoms with Crippen molar-refractivity contribution in [3.8, 4) is 0 Å². The molecule has 0 saturated carbocycles. The van der Waals surface area contributed by atoms with Crippen molar-refractivity contribution in [2.45, 2.75) is 19.3 Å². The van der Waals surface area contributed by atoms with Crippen LogP contribution in [0.2, 0.25) is 0 Å². The van der Waals surface area contributed by atoms with E-state index in [1.807, 2.05) is 0 Å². The smallest absolute Gasteiger partial charge is 0.304 e. The van der Waals surface area contributed by atoms with Crippen LogP contribution in [-0.2, 0) is 4.79 Å². The molecule has 1 aliphatic heterocycles. The summed E-state index contributed by atoms with van der Waals surface area (Å²) in [5, 5.41) is 8.91. The van der Waals surface area contributed by atoms with E-state index in [2.05, 4.69) is 65.6 Å². The molecule has 3 heteroatoms. The quantitative estimate of drug-likeness (QED) is 0.757. The van der Waals surface area contributed by atoms with E-state index in [0.717, 1.165) is 25.9 Å². The van der Waals surface area contributed by atoms with Crippen molar-refractivity contribution in [1.82, 2.24) is 4.90 Å². The summed E-state index contributed by atoms with van der Waals surface area (Å²) >= 11 is 0. The topological polar surface area (TPSA) is 40.5 Å². The fourth-order valence-corrected chi connectivity index (χ4v) is 4.00. The Labute approximate surface area is 154 Å². The van der Waals surface area contributed by atoms with E-state index in [0.29, 0.717) is 6.54 Å². The van der Waals surface area contributed by atoms with E-state index in [-0.39, 0.29) is 6.42 Å². The van der Waals surface area contributed by atoms with Crippen molar-refractivity contribution in [1.29, 1.82) is 0 Å². The molecule has 0 aromatic heterocycles. The normalized spacial score (nSPS) is 16.8. The predicted molar refractivity (Wildman–Crippen MR) is 106 cm³/mol. The Kier molecular flexibility index (Phi) is 4.72. The summed E-state index contributed by atoms with van der Waals surface area (Å²) in [7, 11) is 0. The zero-order chi connectivity index (χ0) is 17.9. The van der Waals surface area contributed by atoms with Crippen LogP contribution in [0.25, 0.3) is 17.7 Å². The molecule has 1 heterocycles. The largest absolute Gasteiger partial charge is 0.481 e. The third-order valence-corrected chi connectivity index (χ3v) is 5.36. The first-order valence-corrected chi connectivity index (χ1v) is 9.25. The first kappa shape index (κ1) is 16.8. The highest BCUT2D eigenvalue weighted by Crippen LogP contribution is 2.38. The predicted octanol–water partition coefficient (Wildman–Crippen LogP) is 4.54. The fraction of sp³-hybridized carbons (Fsp3) is 0.261. The van der Waals surface area contributed by atoms with Gasteiger partial charge in [-0.1, -0.05) is 66.3 Å². The number of carboxylic acids is 1. The van der Waals surface area contributed by atoms with Gasteiger partial charge in [-0.25, -0.2) is 0 Å². The summed E-state index contributed by atoms with van der Waals surface area (Å²) in [6.45, 7) is 2.51. The van der Waals surface area contributed by atoms with Gasteiger partial charge in [-0.05, 0) is 40.7 Å². The van der Waals surface area contributed by atoms with Crippen LogP contribution in [0.15, 0.2) is 54.1 Å². The molecule has 0 spiro atoms. The molecule has 1 fully saturated rings. The third kappa shape index (κ3) is 3.35. The number of likely N-dealkylation sites (tertiary alicyclic amines) is 1. The van der Waals surface area contributed by atoms with Crippen molar-refractivity contribution in [2.75, 3.05) is 19.6 Å². The minimum absolute atomic E-state index is 0.224. The number of piperidine rings is 1. The molecule has 132 valence electrons. The molecular formula is C23H23NO2. The lowest BCUT2D eigenvalue weighted by Gasteiger charge is -2.30. The van der Waals surface area contributed by atoms with E-state index in [1.54, 1.807) is 0 Å². The highest BCUT2D eigenvalue weighted by atomic mass is 16.4. The first-order valence-electron chi connectivity index (χ1n) is 9.25. The van der Waals surface area contributed by atoms with Crippen molar-refractivity contribution < 1.29 is 9.90 Å². The van der Waals surface area contributed by atoms with Crippen molar-refractivity contribution >= 4 is 23.7 Å². The summed E-state index contributed by atoms with van der Waals surface area (Å²) in [5.41, 5.74) is 8.00. The number of nitrogens with zero attached hydrogens (tertiary/aromatic N) is 1. The zero-order valence-corrected chi connectivity index (χ0v) is 14.8. The second-order valence-corrected chi connectivity index (χ2v) is 6.97. The molecule has 0 bridgehead atoms. The Morgan fingerprint density at radius 3 is 1.96 bits per heavy atom. The van der Waals surface area contributed by atoms with Gasteiger partial charge in [-0.15, -0.1) is 0 Å². The van der Waals surface area contributed by atoms with E-state index in [4.69, 9.17) is 5.11 Å². The van der Waals surface area contributed by atoms with Crippen LogP contribution in [0.1, 0.15) is 41.5 Å². The second-order valence-electron chi connectivity index (χ2n) is 6.97. The first-order chi connectivity index (χ1) is 12.7. The number of carboxylic acid groups (broad SMARTS) is 1. The maximum atomic E-state index is 10.8. The maximum absolute atomic E-state index is 10.8. The number of hydrogen-bond donors (Lipinski definition) is 1. The lowest BCUT2D eigenvalue weighted by atomic mass is 9.86. The molecular weight excluding hydrogens is 322 g/mol. The lowest BCUT2D eigenvalue weighted by molar-refractivity contribution is -0.137. The number of fused-ring (bicyclic) bond motifs is 2. The molecule has 2 aliphatic rings. The Balaban J connectivity index is 1.71. The van der Waals surface area contributed by atoms with Gasteiger partial charge in [0.2, 0.25) is 0 Å². The molecule has 0 atom stereocenters. The highest BCUT2D eigenvalue weighted by molar-refractivity contribution is 5.94. The number of aliphatic carboxylic acids is 1. The van der Waals surface area contributed by atoms with Crippen molar-refractivity contribution in [2.24, 2.45) is 0 Å². The molecule has 4 rings (SSSR count). The molecule has 1 saturated heterocycles. The average molecular weight is 345 g/mol. The summed E-state index contributed by atoms with van der Waals surface area (Å²) in [5.74, 6) is -0.716. The van der Waals surface area contributed by atoms with Gasteiger partial charge >= 0.3 is 5.97 Å². The van der Waals surface area contributed by atoms with Crippen LogP contribution in [0.3, 0.4) is 0 Å². The number of rotatable bonds is 3. The van der Waals surface area contributed by atoms with Gasteiger partial charge in [0, 0.05) is 19.6 Å². The van der Waals surface area contributed by atoms with Gasteiger partial charge in [0.15, 0.2) is 0 Å². The molecule has 1 aliphatic carbocycles. The second kappa shape index (κ2) is 7.30. The molecule has 0 radical (unpaired) electrons.